The van der Waals surface area contributed by atoms with Crippen LogP contribution < -0.4 is 0 Å². The molecular formula is C20H26N2O3. The van der Waals surface area contributed by atoms with Crippen LogP contribution in [0.15, 0.2) is 41.1 Å². The van der Waals surface area contributed by atoms with E-state index in [-0.39, 0.29) is 5.97 Å². The normalized spacial score (nSPS) is 21.2. The molecule has 5 heteroatoms. The molecule has 0 saturated carbocycles. The number of hydrogen-bond acceptors (Lipinski definition) is 5. The number of rotatable bonds is 6. The highest BCUT2D eigenvalue weighted by Gasteiger charge is 2.43. The molecular weight excluding hydrogens is 316 g/mol. The summed E-state index contributed by atoms with van der Waals surface area (Å²) in [4.78, 5) is 15.2. The topological polar surface area (TPSA) is 55.6 Å². The van der Waals surface area contributed by atoms with Gasteiger partial charge in [0.15, 0.2) is 0 Å². The molecule has 1 aliphatic heterocycles. The number of ether oxygens (including phenoxy) is 1. The zero-order valence-electron chi connectivity index (χ0n) is 15.0. The zero-order chi connectivity index (χ0) is 17.7. The third-order valence-corrected chi connectivity index (χ3v) is 5.03. The third-order valence-electron chi connectivity index (χ3n) is 5.03. The second-order valence-electron chi connectivity index (χ2n) is 6.91. The van der Waals surface area contributed by atoms with Crippen molar-refractivity contribution in [3.05, 3.63) is 53.4 Å². The maximum absolute atomic E-state index is 12.9. The molecule has 2 aromatic rings. The van der Waals surface area contributed by atoms with Crippen LogP contribution in [0.2, 0.25) is 0 Å². The van der Waals surface area contributed by atoms with Gasteiger partial charge in [-0.3, -0.25) is 9.69 Å². The van der Waals surface area contributed by atoms with Gasteiger partial charge in [-0.15, -0.1) is 0 Å². The molecule has 0 amide bonds. The van der Waals surface area contributed by atoms with Gasteiger partial charge in [0, 0.05) is 19.2 Å². The van der Waals surface area contributed by atoms with E-state index in [0.717, 1.165) is 25.1 Å². The van der Waals surface area contributed by atoms with E-state index >= 15 is 0 Å². The highest BCUT2D eigenvalue weighted by Crippen LogP contribution is 2.36. The van der Waals surface area contributed by atoms with Crippen LogP contribution in [0.1, 0.15) is 36.6 Å². The van der Waals surface area contributed by atoms with Crippen molar-refractivity contribution in [1.82, 2.24) is 10.1 Å². The molecule has 1 fully saturated rings. The number of aromatic nitrogens is 1. The first-order valence-corrected chi connectivity index (χ1v) is 8.96. The minimum Gasteiger partial charge on any atom is -0.466 e. The first kappa shape index (κ1) is 17.7. The van der Waals surface area contributed by atoms with Crippen LogP contribution in [0, 0.1) is 12.3 Å². The predicted molar refractivity (Wildman–Crippen MR) is 95.0 cm³/mol. The van der Waals surface area contributed by atoms with Gasteiger partial charge < -0.3 is 9.26 Å². The molecule has 1 aromatic carbocycles. The SMILES string of the molecule is CCOC(=O)[C@@]1(Cc2ccccc2C)CCCN(Cc2ccon2)C1. The Balaban J connectivity index is 1.83. The molecule has 0 aliphatic carbocycles. The van der Waals surface area contributed by atoms with Gasteiger partial charge in [0.05, 0.1) is 17.7 Å². The largest absolute Gasteiger partial charge is 0.466 e. The van der Waals surface area contributed by atoms with Gasteiger partial charge in [-0.25, -0.2) is 0 Å². The Kier molecular flexibility index (Phi) is 5.53. The van der Waals surface area contributed by atoms with Crippen molar-refractivity contribution < 1.29 is 14.1 Å². The molecule has 1 saturated heterocycles. The summed E-state index contributed by atoms with van der Waals surface area (Å²) in [5.41, 5.74) is 2.85. The van der Waals surface area contributed by atoms with Crippen molar-refractivity contribution in [3.8, 4) is 0 Å². The minimum atomic E-state index is -0.496. The van der Waals surface area contributed by atoms with E-state index in [4.69, 9.17) is 9.26 Å². The zero-order valence-corrected chi connectivity index (χ0v) is 15.0. The molecule has 1 aromatic heterocycles. The Hall–Kier alpha value is -2.14. The number of esters is 1. The van der Waals surface area contributed by atoms with E-state index in [1.807, 2.05) is 25.1 Å². The summed E-state index contributed by atoms with van der Waals surface area (Å²) >= 11 is 0. The van der Waals surface area contributed by atoms with Gasteiger partial charge in [-0.1, -0.05) is 29.4 Å². The van der Waals surface area contributed by atoms with Crippen LogP contribution in [-0.2, 0) is 22.5 Å². The summed E-state index contributed by atoms with van der Waals surface area (Å²) in [5.74, 6) is -0.0805. The van der Waals surface area contributed by atoms with E-state index in [9.17, 15) is 4.79 Å². The summed E-state index contributed by atoms with van der Waals surface area (Å²) in [7, 11) is 0. The van der Waals surface area contributed by atoms with Gasteiger partial charge in [0.1, 0.15) is 6.26 Å². The molecule has 0 radical (unpaired) electrons. The van der Waals surface area contributed by atoms with Crippen LogP contribution in [-0.4, -0.2) is 35.7 Å². The molecule has 0 spiro atoms. The monoisotopic (exact) mass is 342 g/mol. The summed E-state index contributed by atoms with van der Waals surface area (Å²) in [6.07, 6.45) is 4.14. The van der Waals surface area contributed by atoms with Gasteiger partial charge in [0.2, 0.25) is 0 Å². The Bertz CT molecular complexity index is 699. The summed E-state index contributed by atoms with van der Waals surface area (Å²) in [5, 5.41) is 4.00. The molecule has 25 heavy (non-hydrogen) atoms. The first-order chi connectivity index (χ1) is 12.1. The third kappa shape index (κ3) is 4.10. The fourth-order valence-corrected chi connectivity index (χ4v) is 3.75. The fourth-order valence-electron chi connectivity index (χ4n) is 3.75. The van der Waals surface area contributed by atoms with E-state index < -0.39 is 5.41 Å². The van der Waals surface area contributed by atoms with Crippen LogP contribution >= 0.6 is 0 Å². The van der Waals surface area contributed by atoms with Crippen molar-refractivity contribution in [1.29, 1.82) is 0 Å². The van der Waals surface area contributed by atoms with Crippen LogP contribution in [0.5, 0.6) is 0 Å². The Morgan fingerprint density at radius 1 is 1.36 bits per heavy atom. The average molecular weight is 342 g/mol. The summed E-state index contributed by atoms with van der Waals surface area (Å²) in [6, 6.07) is 10.2. The predicted octanol–water partition coefficient (Wildman–Crippen LogP) is 3.37. The van der Waals surface area contributed by atoms with E-state index in [1.54, 1.807) is 6.26 Å². The Morgan fingerprint density at radius 2 is 2.20 bits per heavy atom. The van der Waals surface area contributed by atoms with Gasteiger partial charge in [-0.05, 0) is 50.8 Å². The van der Waals surface area contributed by atoms with Crippen LogP contribution in [0.3, 0.4) is 0 Å². The molecule has 0 N–H and O–H groups in total. The quantitative estimate of drug-likeness (QED) is 0.753. The maximum Gasteiger partial charge on any atom is 0.313 e. The van der Waals surface area contributed by atoms with Crippen LogP contribution in [0.4, 0.5) is 0 Å². The highest BCUT2D eigenvalue weighted by atomic mass is 16.5. The Morgan fingerprint density at radius 3 is 2.92 bits per heavy atom. The van der Waals surface area contributed by atoms with Crippen molar-refractivity contribution >= 4 is 5.97 Å². The minimum absolute atomic E-state index is 0.0805. The van der Waals surface area contributed by atoms with E-state index in [2.05, 4.69) is 29.1 Å². The lowest BCUT2D eigenvalue weighted by atomic mass is 9.74. The molecule has 5 nitrogen and oxygen atoms in total. The number of hydrogen-bond donors (Lipinski definition) is 0. The number of piperidine rings is 1. The number of carbonyl (C=O) groups is 1. The van der Waals surface area contributed by atoms with Gasteiger partial charge >= 0.3 is 5.97 Å². The maximum atomic E-state index is 12.9. The van der Waals surface area contributed by atoms with E-state index in [1.165, 1.54) is 11.1 Å². The van der Waals surface area contributed by atoms with Gasteiger partial charge in [-0.2, -0.15) is 0 Å². The summed E-state index contributed by atoms with van der Waals surface area (Å²) < 4.78 is 10.4. The number of carbonyl (C=O) groups excluding carboxylic acids is 1. The lowest BCUT2D eigenvalue weighted by molar-refractivity contribution is -0.159. The first-order valence-electron chi connectivity index (χ1n) is 8.96. The Labute approximate surface area is 148 Å². The molecule has 0 unspecified atom stereocenters. The fraction of sp³-hybridized carbons (Fsp3) is 0.500. The molecule has 1 aliphatic rings. The number of likely N-dealkylation sites (tertiary alicyclic amines) is 1. The number of benzene rings is 1. The van der Waals surface area contributed by atoms with Gasteiger partial charge in [0.25, 0.3) is 0 Å². The van der Waals surface area contributed by atoms with Crippen molar-refractivity contribution in [2.24, 2.45) is 5.41 Å². The average Bonchev–Trinajstić information content (AvgIpc) is 3.10. The lowest BCUT2D eigenvalue weighted by Gasteiger charge is -2.41. The van der Waals surface area contributed by atoms with Crippen molar-refractivity contribution in [2.45, 2.75) is 39.7 Å². The van der Waals surface area contributed by atoms with Crippen LogP contribution in [0.25, 0.3) is 0 Å². The molecule has 3 rings (SSSR count). The molecule has 2 heterocycles. The highest BCUT2D eigenvalue weighted by molar-refractivity contribution is 5.78. The smallest absolute Gasteiger partial charge is 0.313 e. The molecule has 134 valence electrons. The van der Waals surface area contributed by atoms with E-state index in [0.29, 0.717) is 26.1 Å². The lowest BCUT2D eigenvalue weighted by Crippen LogP contribution is -2.49. The summed E-state index contributed by atoms with van der Waals surface area (Å²) in [6.45, 7) is 6.73. The standard InChI is InChI=1S/C20H26N2O3/c1-3-24-19(23)20(13-17-8-5-4-7-16(17)2)10-6-11-22(15-20)14-18-9-12-25-21-18/h4-5,7-9,12H,3,6,10-11,13-15H2,1-2H3/t20-/m1/s1. The number of aryl methyl sites for hydroxylation is 1. The molecule has 1 atom stereocenters. The number of nitrogens with zero attached hydrogens (tertiary/aromatic N) is 2. The second kappa shape index (κ2) is 7.83. The van der Waals surface area contributed by atoms with Crippen molar-refractivity contribution in [3.63, 3.8) is 0 Å². The van der Waals surface area contributed by atoms with Crippen molar-refractivity contribution in [2.75, 3.05) is 19.7 Å². The second-order valence-corrected chi connectivity index (χ2v) is 6.91. The molecule has 0 bridgehead atoms.